The van der Waals surface area contributed by atoms with Crippen LogP contribution in [0, 0.1) is 5.82 Å². The Labute approximate surface area is 161 Å². The van der Waals surface area contributed by atoms with Gasteiger partial charge in [0.15, 0.2) is 11.5 Å². The predicted molar refractivity (Wildman–Crippen MR) is 96.6 cm³/mol. The molecule has 0 aliphatic rings. The van der Waals surface area contributed by atoms with Crippen molar-refractivity contribution in [2.24, 2.45) is 0 Å². The fourth-order valence-corrected chi connectivity index (χ4v) is 2.75. The number of nitrogens with one attached hydrogen (secondary N) is 1. The van der Waals surface area contributed by atoms with E-state index < -0.39 is 12.2 Å². The number of rotatable bonds is 5. The lowest BCUT2D eigenvalue weighted by Crippen LogP contribution is -2.18. The van der Waals surface area contributed by atoms with Gasteiger partial charge in [-0.1, -0.05) is 30.3 Å². The Kier molecular flexibility index (Phi) is 4.75. The van der Waals surface area contributed by atoms with E-state index >= 15 is 0 Å². The standard InChI is InChI=1S/C19H13F4N5O/c20-14-7-3-2-6-13(14)18-26-25-17-10-9-16(27-28(17)18)24-11-12-5-1-4-8-15(12)29-19(21,22)23/h1-10H,11H2,(H,24,27). The number of anilines is 1. The van der Waals surface area contributed by atoms with E-state index in [9.17, 15) is 17.6 Å². The van der Waals surface area contributed by atoms with Crippen molar-refractivity contribution in [2.45, 2.75) is 12.9 Å². The molecule has 10 heteroatoms. The van der Waals surface area contributed by atoms with Crippen LogP contribution in [0.5, 0.6) is 5.75 Å². The molecule has 148 valence electrons. The van der Waals surface area contributed by atoms with Crippen LogP contribution >= 0.6 is 0 Å². The van der Waals surface area contributed by atoms with E-state index in [0.717, 1.165) is 0 Å². The van der Waals surface area contributed by atoms with Gasteiger partial charge in [0.25, 0.3) is 0 Å². The van der Waals surface area contributed by atoms with Gasteiger partial charge in [-0.15, -0.1) is 28.5 Å². The highest BCUT2D eigenvalue weighted by Gasteiger charge is 2.31. The van der Waals surface area contributed by atoms with Gasteiger partial charge in [0.2, 0.25) is 0 Å². The first-order valence-corrected chi connectivity index (χ1v) is 8.45. The molecule has 0 spiro atoms. The van der Waals surface area contributed by atoms with E-state index in [2.05, 4.69) is 25.3 Å². The number of hydrogen-bond donors (Lipinski definition) is 1. The van der Waals surface area contributed by atoms with Gasteiger partial charge in [-0.3, -0.25) is 0 Å². The van der Waals surface area contributed by atoms with Crippen molar-refractivity contribution in [3.8, 4) is 17.1 Å². The van der Waals surface area contributed by atoms with Gasteiger partial charge in [0.1, 0.15) is 17.4 Å². The Bertz CT molecular complexity index is 1160. The lowest BCUT2D eigenvalue weighted by atomic mass is 10.2. The van der Waals surface area contributed by atoms with E-state index in [0.29, 0.717) is 17.0 Å². The summed E-state index contributed by atoms with van der Waals surface area (Å²) < 4.78 is 57.2. The summed E-state index contributed by atoms with van der Waals surface area (Å²) >= 11 is 0. The van der Waals surface area contributed by atoms with Gasteiger partial charge < -0.3 is 10.1 Å². The van der Waals surface area contributed by atoms with E-state index in [1.54, 1.807) is 36.4 Å². The zero-order valence-corrected chi connectivity index (χ0v) is 14.7. The molecule has 0 radical (unpaired) electrons. The zero-order chi connectivity index (χ0) is 20.4. The summed E-state index contributed by atoms with van der Waals surface area (Å²) in [7, 11) is 0. The van der Waals surface area contributed by atoms with Crippen LogP contribution in [0.4, 0.5) is 23.4 Å². The van der Waals surface area contributed by atoms with Crippen molar-refractivity contribution in [3.05, 3.63) is 72.0 Å². The third-order valence-electron chi connectivity index (χ3n) is 4.04. The molecule has 0 saturated heterocycles. The number of fused-ring (bicyclic) bond motifs is 1. The highest BCUT2D eigenvalue weighted by atomic mass is 19.4. The molecule has 0 amide bonds. The van der Waals surface area contributed by atoms with Crippen LogP contribution in [-0.4, -0.2) is 26.2 Å². The highest BCUT2D eigenvalue weighted by molar-refractivity contribution is 5.60. The minimum absolute atomic E-state index is 0.0297. The second kappa shape index (κ2) is 7.38. The molecule has 0 fully saturated rings. The molecule has 4 rings (SSSR count). The number of alkyl halides is 3. The Hall–Kier alpha value is -3.69. The lowest BCUT2D eigenvalue weighted by molar-refractivity contribution is -0.274. The van der Waals surface area contributed by atoms with Crippen molar-refractivity contribution in [3.63, 3.8) is 0 Å². The van der Waals surface area contributed by atoms with Crippen LogP contribution in [0.3, 0.4) is 0 Å². The first-order chi connectivity index (χ1) is 13.9. The highest BCUT2D eigenvalue weighted by Crippen LogP contribution is 2.27. The Morgan fingerprint density at radius 1 is 0.931 bits per heavy atom. The summed E-state index contributed by atoms with van der Waals surface area (Å²) in [6, 6.07) is 15.1. The third kappa shape index (κ3) is 4.10. The van der Waals surface area contributed by atoms with E-state index in [1.807, 2.05) is 0 Å². The molecule has 29 heavy (non-hydrogen) atoms. The minimum atomic E-state index is -4.79. The molecule has 4 aromatic rings. The lowest BCUT2D eigenvalue weighted by Gasteiger charge is -2.14. The fraction of sp³-hybridized carbons (Fsp3) is 0.105. The minimum Gasteiger partial charge on any atom is -0.405 e. The maximum Gasteiger partial charge on any atom is 0.573 e. The maximum atomic E-state index is 14.1. The number of ether oxygens (including phenoxy) is 1. The summed E-state index contributed by atoms with van der Waals surface area (Å²) in [5, 5.41) is 15.2. The van der Waals surface area contributed by atoms with Crippen molar-refractivity contribution in [1.29, 1.82) is 0 Å². The second-order valence-electron chi connectivity index (χ2n) is 6.00. The second-order valence-corrected chi connectivity index (χ2v) is 6.00. The molecule has 0 saturated carbocycles. The first-order valence-electron chi connectivity index (χ1n) is 8.45. The number of aromatic nitrogens is 4. The molecule has 2 aromatic carbocycles. The van der Waals surface area contributed by atoms with Gasteiger partial charge in [0.05, 0.1) is 5.56 Å². The third-order valence-corrected chi connectivity index (χ3v) is 4.04. The van der Waals surface area contributed by atoms with Crippen LogP contribution in [0.1, 0.15) is 5.56 Å². The van der Waals surface area contributed by atoms with Crippen molar-refractivity contribution in [1.82, 2.24) is 19.8 Å². The molecule has 0 aliphatic heterocycles. The largest absolute Gasteiger partial charge is 0.573 e. The van der Waals surface area contributed by atoms with Crippen LogP contribution in [-0.2, 0) is 6.54 Å². The monoisotopic (exact) mass is 403 g/mol. The number of hydrogen-bond acceptors (Lipinski definition) is 5. The first kappa shape index (κ1) is 18.7. The van der Waals surface area contributed by atoms with Crippen LogP contribution in [0.2, 0.25) is 0 Å². The summed E-state index contributed by atoms with van der Waals surface area (Å²) in [4.78, 5) is 0. The van der Waals surface area contributed by atoms with Crippen molar-refractivity contribution >= 4 is 11.5 Å². The van der Waals surface area contributed by atoms with Crippen LogP contribution in [0.25, 0.3) is 17.0 Å². The molecule has 2 heterocycles. The van der Waals surface area contributed by atoms with Gasteiger partial charge >= 0.3 is 6.36 Å². The molecule has 6 nitrogen and oxygen atoms in total. The van der Waals surface area contributed by atoms with E-state index in [-0.39, 0.29) is 23.7 Å². The number of para-hydroxylation sites is 1. The summed E-state index contributed by atoms with van der Waals surface area (Å²) in [6.07, 6.45) is -4.79. The molecule has 0 bridgehead atoms. The van der Waals surface area contributed by atoms with E-state index in [1.165, 1.54) is 28.8 Å². The summed E-state index contributed by atoms with van der Waals surface area (Å²) in [5.74, 6) is -0.218. The SMILES string of the molecule is Fc1ccccc1-c1nnc2ccc(NCc3ccccc3OC(F)(F)F)nn12. The normalized spacial score (nSPS) is 11.6. The number of benzene rings is 2. The number of halogens is 4. The smallest absolute Gasteiger partial charge is 0.405 e. The van der Waals surface area contributed by atoms with Crippen LogP contribution < -0.4 is 10.1 Å². The summed E-state index contributed by atoms with van der Waals surface area (Å²) in [5.41, 5.74) is 0.924. The molecule has 2 aromatic heterocycles. The molecular formula is C19H13F4N5O. The zero-order valence-electron chi connectivity index (χ0n) is 14.7. The maximum absolute atomic E-state index is 14.1. The van der Waals surface area contributed by atoms with Crippen molar-refractivity contribution in [2.75, 3.05) is 5.32 Å². The Morgan fingerprint density at radius 2 is 1.69 bits per heavy atom. The Balaban J connectivity index is 1.60. The molecule has 0 unspecified atom stereocenters. The molecular weight excluding hydrogens is 390 g/mol. The van der Waals surface area contributed by atoms with Gasteiger partial charge in [0, 0.05) is 12.1 Å². The quantitative estimate of drug-likeness (QED) is 0.499. The topological polar surface area (TPSA) is 64.3 Å². The average molecular weight is 403 g/mol. The van der Waals surface area contributed by atoms with Crippen molar-refractivity contribution < 1.29 is 22.3 Å². The van der Waals surface area contributed by atoms with E-state index in [4.69, 9.17) is 0 Å². The number of nitrogens with zero attached hydrogens (tertiary/aromatic N) is 4. The average Bonchev–Trinajstić information content (AvgIpc) is 3.09. The molecule has 1 N–H and O–H groups in total. The summed E-state index contributed by atoms with van der Waals surface area (Å²) in [6.45, 7) is 0.0297. The van der Waals surface area contributed by atoms with Gasteiger partial charge in [-0.2, -0.15) is 4.52 Å². The molecule has 0 atom stereocenters. The van der Waals surface area contributed by atoms with Crippen LogP contribution in [0.15, 0.2) is 60.7 Å². The van der Waals surface area contributed by atoms with Gasteiger partial charge in [-0.25, -0.2) is 4.39 Å². The fourth-order valence-electron chi connectivity index (χ4n) is 2.75. The predicted octanol–water partition coefficient (Wildman–Crippen LogP) is 4.44. The van der Waals surface area contributed by atoms with Gasteiger partial charge in [-0.05, 0) is 30.3 Å². The Morgan fingerprint density at radius 3 is 2.48 bits per heavy atom. The molecule has 0 aliphatic carbocycles.